The van der Waals surface area contributed by atoms with Gasteiger partial charge in [-0.05, 0) is 30.7 Å². The first kappa shape index (κ1) is 13.9. The van der Waals surface area contributed by atoms with Crippen molar-refractivity contribution in [1.82, 2.24) is 9.38 Å². The number of aromatic nitrogens is 2. The van der Waals surface area contributed by atoms with Crippen LogP contribution in [0.15, 0.2) is 24.5 Å². The van der Waals surface area contributed by atoms with Crippen LogP contribution < -0.4 is 5.73 Å². The third-order valence-electron chi connectivity index (χ3n) is 2.87. The van der Waals surface area contributed by atoms with Gasteiger partial charge in [0.15, 0.2) is 0 Å². The molecule has 0 bridgehead atoms. The Kier molecular flexibility index (Phi) is 4.44. The van der Waals surface area contributed by atoms with E-state index in [1.807, 2.05) is 35.9 Å². The Morgan fingerprint density at radius 2 is 2.42 bits per heavy atom. The largest absolute Gasteiger partial charge is 0.480 e. The van der Waals surface area contributed by atoms with Gasteiger partial charge in [0, 0.05) is 18.1 Å². The molecule has 0 saturated heterocycles. The molecule has 102 valence electrons. The Morgan fingerprint density at radius 3 is 3.11 bits per heavy atom. The molecule has 2 heterocycles. The summed E-state index contributed by atoms with van der Waals surface area (Å²) >= 11 is 1.65. The Balaban J connectivity index is 1.88. The molecule has 0 fully saturated rings. The number of rotatable bonds is 6. The van der Waals surface area contributed by atoms with Crippen molar-refractivity contribution >= 4 is 23.4 Å². The molecule has 1 unspecified atom stereocenters. The van der Waals surface area contributed by atoms with Gasteiger partial charge in [-0.25, -0.2) is 4.98 Å². The predicted octanol–water partition coefficient (Wildman–Crippen LogP) is 1.68. The predicted molar refractivity (Wildman–Crippen MR) is 76.3 cm³/mol. The summed E-state index contributed by atoms with van der Waals surface area (Å²) in [6.45, 7) is 2.03. The van der Waals surface area contributed by atoms with Crippen LogP contribution in [0.25, 0.3) is 5.65 Å². The zero-order valence-electron chi connectivity index (χ0n) is 10.7. The highest BCUT2D eigenvalue weighted by Crippen LogP contribution is 2.16. The summed E-state index contributed by atoms with van der Waals surface area (Å²) in [5.74, 6) is 0.553. The lowest BCUT2D eigenvalue weighted by atomic mass is 10.2. The molecule has 2 aromatic heterocycles. The number of carbonyl (C=O) groups is 1. The summed E-state index contributed by atoms with van der Waals surface area (Å²) in [4.78, 5) is 15.1. The lowest BCUT2D eigenvalue weighted by Crippen LogP contribution is -2.30. The van der Waals surface area contributed by atoms with E-state index in [-0.39, 0.29) is 0 Å². The number of carboxylic acid groups (broad SMARTS) is 1. The average Bonchev–Trinajstić information content (AvgIpc) is 2.78. The van der Waals surface area contributed by atoms with Crippen LogP contribution in [0.5, 0.6) is 0 Å². The second-order valence-electron chi connectivity index (χ2n) is 4.44. The number of thioether (sulfide) groups is 1. The van der Waals surface area contributed by atoms with Crippen molar-refractivity contribution in [2.75, 3.05) is 5.75 Å². The van der Waals surface area contributed by atoms with Crippen LogP contribution in [-0.4, -0.2) is 32.3 Å². The van der Waals surface area contributed by atoms with Crippen LogP contribution in [0.1, 0.15) is 17.7 Å². The number of nitrogens with zero attached hydrogens (tertiary/aromatic N) is 2. The summed E-state index contributed by atoms with van der Waals surface area (Å²) in [5.41, 5.74) is 8.57. The van der Waals surface area contributed by atoms with E-state index in [1.54, 1.807) is 11.8 Å². The fraction of sp³-hybridized carbons (Fsp3) is 0.385. The SMILES string of the molecule is Cc1cccn2cc(CSCCC(N)C(=O)O)nc12. The Morgan fingerprint density at radius 1 is 1.63 bits per heavy atom. The molecule has 0 saturated carbocycles. The number of hydrogen-bond acceptors (Lipinski definition) is 4. The molecule has 0 aromatic carbocycles. The summed E-state index contributed by atoms with van der Waals surface area (Å²) in [6.07, 6.45) is 4.46. The molecule has 19 heavy (non-hydrogen) atoms. The quantitative estimate of drug-likeness (QED) is 0.786. The molecule has 0 radical (unpaired) electrons. The molecule has 6 heteroatoms. The minimum absolute atomic E-state index is 0.479. The van der Waals surface area contributed by atoms with Gasteiger partial charge in [0.2, 0.25) is 0 Å². The van der Waals surface area contributed by atoms with Crippen molar-refractivity contribution in [2.24, 2.45) is 5.73 Å². The van der Waals surface area contributed by atoms with E-state index in [1.165, 1.54) is 0 Å². The minimum atomic E-state index is -0.941. The Hall–Kier alpha value is -1.53. The minimum Gasteiger partial charge on any atom is -0.480 e. The molecule has 3 N–H and O–H groups in total. The van der Waals surface area contributed by atoms with Crippen LogP contribution >= 0.6 is 11.8 Å². The maximum absolute atomic E-state index is 10.6. The van der Waals surface area contributed by atoms with E-state index in [2.05, 4.69) is 4.98 Å². The summed E-state index contributed by atoms with van der Waals surface area (Å²) in [5, 5.41) is 8.67. The maximum atomic E-state index is 10.6. The molecule has 0 aliphatic carbocycles. The van der Waals surface area contributed by atoms with Gasteiger partial charge in [-0.2, -0.15) is 11.8 Å². The Labute approximate surface area is 115 Å². The van der Waals surface area contributed by atoms with Crippen molar-refractivity contribution < 1.29 is 9.90 Å². The number of nitrogens with two attached hydrogens (primary N) is 1. The Bertz CT molecular complexity index is 582. The standard InChI is InChI=1S/C13H17N3O2S/c1-9-3-2-5-16-7-10(15-12(9)16)8-19-6-4-11(14)13(17)18/h2-3,5,7,11H,4,6,8,14H2,1H3,(H,17,18). The lowest BCUT2D eigenvalue weighted by molar-refractivity contribution is -0.138. The van der Waals surface area contributed by atoms with E-state index in [9.17, 15) is 4.79 Å². The van der Waals surface area contributed by atoms with Gasteiger partial charge >= 0.3 is 5.97 Å². The van der Waals surface area contributed by atoms with Gasteiger partial charge < -0.3 is 15.2 Å². The van der Waals surface area contributed by atoms with E-state index in [4.69, 9.17) is 10.8 Å². The molecule has 2 aromatic rings. The molecule has 0 spiro atoms. The molecular formula is C13H17N3O2S. The summed E-state index contributed by atoms with van der Waals surface area (Å²) in [7, 11) is 0. The number of pyridine rings is 1. The number of imidazole rings is 1. The smallest absolute Gasteiger partial charge is 0.320 e. The first-order valence-corrected chi connectivity index (χ1v) is 7.22. The van der Waals surface area contributed by atoms with E-state index in [0.29, 0.717) is 6.42 Å². The van der Waals surface area contributed by atoms with E-state index < -0.39 is 12.0 Å². The number of hydrogen-bond donors (Lipinski definition) is 2. The van der Waals surface area contributed by atoms with Gasteiger partial charge in [-0.15, -0.1) is 0 Å². The van der Waals surface area contributed by atoms with Crippen LogP contribution in [0.2, 0.25) is 0 Å². The third-order valence-corrected chi connectivity index (χ3v) is 3.89. The second-order valence-corrected chi connectivity index (χ2v) is 5.55. The molecule has 0 aliphatic rings. The van der Waals surface area contributed by atoms with Gasteiger partial charge in [0.1, 0.15) is 11.7 Å². The average molecular weight is 279 g/mol. The van der Waals surface area contributed by atoms with E-state index >= 15 is 0 Å². The van der Waals surface area contributed by atoms with Crippen LogP contribution in [0, 0.1) is 6.92 Å². The van der Waals surface area contributed by atoms with Crippen LogP contribution in [0.3, 0.4) is 0 Å². The topological polar surface area (TPSA) is 80.6 Å². The molecular weight excluding hydrogens is 262 g/mol. The highest BCUT2D eigenvalue weighted by molar-refractivity contribution is 7.98. The monoisotopic (exact) mass is 279 g/mol. The molecule has 0 amide bonds. The second kappa shape index (κ2) is 6.08. The fourth-order valence-corrected chi connectivity index (χ4v) is 2.70. The summed E-state index contributed by atoms with van der Waals surface area (Å²) in [6, 6.07) is 3.26. The highest BCUT2D eigenvalue weighted by Gasteiger charge is 2.10. The number of fused-ring (bicyclic) bond motifs is 1. The summed E-state index contributed by atoms with van der Waals surface area (Å²) < 4.78 is 2.01. The molecule has 1 atom stereocenters. The molecule has 0 aliphatic heterocycles. The van der Waals surface area contributed by atoms with Gasteiger partial charge in [-0.3, -0.25) is 4.79 Å². The zero-order valence-corrected chi connectivity index (χ0v) is 11.6. The maximum Gasteiger partial charge on any atom is 0.320 e. The van der Waals surface area contributed by atoms with Crippen molar-refractivity contribution in [3.63, 3.8) is 0 Å². The number of aryl methyl sites for hydroxylation is 1. The van der Waals surface area contributed by atoms with Crippen molar-refractivity contribution in [3.05, 3.63) is 35.8 Å². The first-order valence-electron chi connectivity index (χ1n) is 6.07. The van der Waals surface area contributed by atoms with E-state index in [0.717, 1.165) is 28.4 Å². The number of carboxylic acids is 1. The van der Waals surface area contributed by atoms with Crippen molar-refractivity contribution in [1.29, 1.82) is 0 Å². The normalized spacial score (nSPS) is 12.7. The van der Waals surface area contributed by atoms with Gasteiger partial charge in [0.25, 0.3) is 0 Å². The molecule has 2 rings (SSSR count). The zero-order chi connectivity index (χ0) is 13.8. The lowest BCUT2D eigenvalue weighted by Gasteiger charge is -2.04. The van der Waals surface area contributed by atoms with Gasteiger partial charge in [-0.1, -0.05) is 6.07 Å². The number of aliphatic carboxylic acids is 1. The van der Waals surface area contributed by atoms with Crippen molar-refractivity contribution in [2.45, 2.75) is 25.1 Å². The van der Waals surface area contributed by atoms with Crippen LogP contribution in [-0.2, 0) is 10.5 Å². The van der Waals surface area contributed by atoms with Crippen molar-refractivity contribution in [3.8, 4) is 0 Å². The van der Waals surface area contributed by atoms with Gasteiger partial charge in [0.05, 0.1) is 5.69 Å². The highest BCUT2D eigenvalue weighted by atomic mass is 32.2. The molecule has 5 nitrogen and oxygen atoms in total. The third kappa shape index (κ3) is 3.48. The first-order chi connectivity index (χ1) is 9.08. The fourth-order valence-electron chi connectivity index (χ4n) is 1.78. The van der Waals surface area contributed by atoms with Crippen LogP contribution in [0.4, 0.5) is 0 Å².